The summed E-state index contributed by atoms with van der Waals surface area (Å²) in [6, 6.07) is 0.628. The van der Waals surface area contributed by atoms with Crippen LogP contribution in [0.4, 0.5) is 0 Å². The van der Waals surface area contributed by atoms with E-state index in [1.807, 2.05) is 0 Å². The Kier molecular flexibility index (Phi) is 2.85. The van der Waals surface area contributed by atoms with Crippen LogP contribution in [0.15, 0.2) is 0 Å². The van der Waals surface area contributed by atoms with Crippen LogP contribution in [0.2, 0.25) is 0 Å². The van der Waals surface area contributed by atoms with Gasteiger partial charge in [0, 0.05) is 19.3 Å². The van der Waals surface area contributed by atoms with Crippen molar-refractivity contribution in [1.29, 1.82) is 0 Å². The first-order valence-electron chi connectivity index (χ1n) is 5.96. The van der Waals surface area contributed by atoms with Gasteiger partial charge in [0.25, 0.3) is 0 Å². The number of rotatable bonds is 3. The Bertz CT molecular complexity index is 204. The van der Waals surface area contributed by atoms with Crippen molar-refractivity contribution < 1.29 is 4.74 Å². The molecule has 2 heteroatoms. The van der Waals surface area contributed by atoms with E-state index in [2.05, 4.69) is 26.1 Å². The minimum absolute atomic E-state index is 0.628. The van der Waals surface area contributed by atoms with Gasteiger partial charge in [0.15, 0.2) is 0 Å². The van der Waals surface area contributed by atoms with Gasteiger partial charge in [0.1, 0.15) is 0 Å². The van der Waals surface area contributed by atoms with Gasteiger partial charge in [-0.05, 0) is 36.6 Å². The Labute approximate surface area is 87.4 Å². The number of hydrogen-bond acceptors (Lipinski definition) is 2. The standard InChI is InChI=1S/C12H23NO/c1-9(2)13-7-11-6-12(11)4-5-14-8-10(12)3/h9-11,13H,4-8H2,1-3H3. The first-order valence-corrected chi connectivity index (χ1v) is 5.96. The van der Waals surface area contributed by atoms with Crippen LogP contribution in [-0.2, 0) is 4.74 Å². The van der Waals surface area contributed by atoms with E-state index in [-0.39, 0.29) is 0 Å². The van der Waals surface area contributed by atoms with Crippen LogP contribution in [0, 0.1) is 17.3 Å². The van der Waals surface area contributed by atoms with Crippen molar-refractivity contribution in [2.24, 2.45) is 17.3 Å². The van der Waals surface area contributed by atoms with Gasteiger partial charge in [-0.15, -0.1) is 0 Å². The van der Waals surface area contributed by atoms with Gasteiger partial charge in [-0.25, -0.2) is 0 Å². The van der Waals surface area contributed by atoms with Crippen LogP contribution in [0.25, 0.3) is 0 Å². The largest absolute Gasteiger partial charge is 0.381 e. The molecule has 0 aromatic carbocycles. The second-order valence-corrected chi connectivity index (χ2v) is 5.42. The van der Waals surface area contributed by atoms with Crippen LogP contribution in [-0.4, -0.2) is 25.8 Å². The molecule has 1 saturated heterocycles. The second kappa shape index (κ2) is 3.82. The van der Waals surface area contributed by atoms with Crippen LogP contribution in [0.3, 0.4) is 0 Å². The molecule has 2 fully saturated rings. The third-order valence-corrected chi connectivity index (χ3v) is 4.11. The molecule has 1 aliphatic heterocycles. The topological polar surface area (TPSA) is 21.3 Å². The predicted molar refractivity (Wildman–Crippen MR) is 58.3 cm³/mol. The van der Waals surface area contributed by atoms with Crippen molar-refractivity contribution >= 4 is 0 Å². The molecule has 3 unspecified atom stereocenters. The lowest BCUT2D eigenvalue weighted by Gasteiger charge is -2.30. The molecule has 1 spiro atoms. The van der Waals surface area contributed by atoms with Gasteiger partial charge >= 0.3 is 0 Å². The summed E-state index contributed by atoms with van der Waals surface area (Å²) in [6.45, 7) is 9.99. The maximum absolute atomic E-state index is 5.51. The molecule has 3 atom stereocenters. The van der Waals surface area contributed by atoms with Crippen LogP contribution >= 0.6 is 0 Å². The van der Waals surface area contributed by atoms with E-state index in [1.54, 1.807) is 0 Å². The molecule has 2 nitrogen and oxygen atoms in total. The Morgan fingerprint density at radius 3 is 2.93 bits per heavy atom. The van der Waals surface area contributed by atoms with E-state index in [0.29, 0.717) is 11.5 Å². The van der Waals surface area contributed by atoms with Gasteiger partial charge < -0.3 is 10.1 Å². The van der Waals surface area contributed by atoms with Crippen molar-refractivity contribution in [3.63, 3.8) is 0 Å². The highest BCUT2D eigenvalue weighted by Crippen LogP contribution is 2.61. The highest BCUT2D eigenvalue weighted by molar-refractivity contribution is 5.06. The maximum Gasteiger partial charge on any atom is 0.0497 e. The van der Waals surface area contributed by atoms with Crippen molar-refractivity contribution in [3.8, 4) is 0 Å². The lowest BCUT2D eigenvalue weighted by atomic mass is 9.84. The predicted octanol–water partition coefficient (Wildman–Crippen LogP) is 2.05. The summed E-state index contributed by atoms with van der Waals surface area (Å²) in [4.78, 5) is 0. The summed E-state index contributed by atoms with van der Waals surface area (Å²) in [5.74, 6) is 1.69. The zero-order chi connectivity index (χ0) is 10.2. The molecule has 1 N–H and O–H groups in total. The van der Waals surface area contributed by atoms with Crippen molar-refractivity contribution in [2.45, 2.75) is 39.7 Å². The Morgan fingerprint density at radius 2 is 2.29 bits per heavy atom. The van der Waals surface area contributed by atoms with Crippen LogP contribution in [0.5, 0.6) is 0 Å². The number of hydrogen-bond donors (Lipinski definition) is 1. The maximum atomic E-state index is 5.51. The first kappa shape index (κ1) is 10.4. The second-order valence-electron chi connectivity index (χ2n) is 5.42. The third-order valence-electron chi connectivity index (χ3n) is 4.11. The zero-order valence-electron chi connectivity index (χ0n) is 9.68. The Morgan fingerprint density at radius 1 is 1.50 bits per heavy atom. The number of ether oxygens (including phenoxy) is 1. The molecule has 0 aromatic heterocycles. The molecular formula is C12H23NO. The summed E-state index contributed by atoms with van der Waals surface area (Å²) >= 11 is 0. The monoisotopic (exact) mass is 197 g/mol. The first-order chi connectivity index (χ1) is 6.65. The quantitative estimate of drug-likeness (QED) is 0.747. The normalized spacial score (nSPS) is 42.0. The highest BCUT2D eigenvalue weighted by Gasteiger charge is 2.57. The summed E-state index contributed by atoms with van der Waals surface area (Å²) in [6.07, 6.45) is 2.72. The molecule has 82 valence electrons. The molecule has 1 saturated carbocycles. The third kappa shape index (κ3) is 1.82. The van der Waals surface area contributed by atoms with Gasteiger partial charge in [-0.1, -0.05) is 20.8 Å². The lowest BCUT2D eigenvalue weighted by Crippen LogP contribution is -2.32. The molecule has 0 aromatic rings. The molecular weight excluding hydrogens is 174 g/mol. The molecule has 0 amide bonds. The van der Waals surface area contributed by atoms with Gasteiger partial charge in [0.2, 0.25) is 0 Å². The minimum atomic E-state index is 0.628. The fourth-order valence-corrected chi connectivity index (χ4v) is 2.90. The fourth-order valence-electron chi connectivity index (χ4n) is 2.90. The van der Waals surface area contributed by atoms with Gasteiger partial charge in [-0.2, -0.15) is 0 Å². The zero-order valence-corrected chi connectivity index (χ0v) is 9.68. The van der Waals surface area contributed by atoms with Crippen molar-refractivity contribution in [1.82, 2.24) is 5.32 Å². The average molecular weight is 197 g/mol. The molecule has 14 heavy (non-hydrogen) atoms. The Balaban J connectivity index is 1.82. The molecule has 1 aliphatic carbocycles. The summed E-state index contributed by atoms with van der Waals surface area (Å²) in [5.41, 5.74) is 0.653. The smallest absolute Gasteiger partial charge is 0.0497 e. The SMILES string of the molecule is CC(C)NCC1CC12CCOCC2C. The molecule has 0 radical (unpaired) electrons. The highest BCUT2D eigenvalue weighted by atomic mass is 16.5. The number of nitrogens with one attached hydrogen (secondary N) is 1. The van der Waals surface area contributed by atoms with Gasteiger partial charge in [0.05, 0.1) is 0 Å². The van der Waals surface area contributed by atoms with Crippen LogP contribution < -0.4 is 5.32 Å². The molecule has 1 heterocycles. The van der Waals surface area contributed by atoms with E-state index in [9.17, 15) is 0 Å². The van der Waals surface area contributed by atoms with Crippen molar-refractivity contribution in [3.05, 3.63) is 0 Å². The summed E-state index contributed by atoms with van der Waals surface area (Å²) in [7, 11) is 0. The molecule has 2 aliphatic rings. The Hall–Kier alpha value is -0.0800. The van der Waals surface area contributed by atoms with E-state index >= 15 is 0 Å². The van der Waals surface area contributed by atoms with E-state index in [1.165, 1.54) is 19.4 Å². The average Bonchev–Trinajstić information content (AvgIpc) is 2.83. The minimum Gasteiger partial charge on any atom is -0.381 e. The van der Waals surface area contributed by atoms with E-state index in [0.717, 1.165) is 25.0 Å². The molecule has 2 rings (SSSR count). The summed E-state index contributed by atoms with van der Waals surface area (Å²) < 4.78 is 5.51. The van der Waals surface area contributed by atoms with Crippen molar-refractivity contribution in [2.75, 3.05) is 19.8 Å². The molecule has 0 bridgehead atoms. The van der Waals surface area contributed by atoms with Gasteiger partial charge in [-0.3, -0.25) is 0 Å². The van der Waals surface area contributed by atoms with Crippen LogP contribution in [0.1, 0.15) is 33.6 Å². The van der Waals surface area contributed by atoms with E-state index in [4.69, 9.17) is 4.74 Å². The fraction of sp³-hybridized carbons (Fsp3) is 1.00. The van der Waals surface area contributed by atoms with E-state index < -0.39 is 0 Å². The summed E-state index contributed by atoms with van der Waals surface area (Å²) in [5, 5.41) is 3.56. The lowest BCUT2D eigenvalue weighted by molar-refractivity contribution is 0.00699.